The number of aliphatic imine (C=N–C) groups is 1. The van der Waals surface area contributed by atoms with Crippen molar-refractivity contribution in [2.45, 2.75) is 32.7 Å². The molecule has 0 spiro atoms. The summed E-state index contributed by atoms with van der Waals surface area (Å²) in [5, 5.41) is 6.46. The van der Waals surface area contributed by atoms with E-state index >= 15 is 0 Å². The standard InChI is InChI=1S/C21H28N6OS/c1-16(28-4)20-25-18(15-29-20)14-26(3)21(22-2)24-12-19-23-10-11-27(19)13-17-8-6-5-7-9-17/h5-11,15-16H,12-14H2,1-4H3,(H,22,24). The number of nitrogens with one attached hydrogen (secondary N) is 1. The van der Waals surface area contributed by atoms with Gasteiger partial charge in [-0.25, -0.2) is 9.97 Å². The highest BCUT2D eigenvalue weighted by Gasteiger charge is 2.13. The molecule has 0 aliphatic carbocycles. The van der Waals surface area contributed by atoms with Gasteiger partial charge in [-0.1, -0.05) is 30.3 Å². The topological polar surface area (TPSA) is 67.6 Å². The number of nitrogens with zero attached hydrogens (tertiary/aromatic N) is 5. The average molecular weight is 413 g/mol. The minimum atomic E-state index is 0.0139. The highest BCUT2D eigenvalue weighted by Crippen LogP contribution is 2.20. The predicted molar refractivity (Wildman–Crippen MR) is 117 cm³/mol. The van der Waals surface area contributed by atoms with Gasteiger partial charge >= 0.3 is 0 Å². The van der Waals surface area contributed by atoms with Crippen molar-refractivity contribution >= 4 is 17.3 Å². The van der Waals surface area contributed by atoms with Crippen LogP contribution in [0.25, 0.3) is 0 Å². The van der Waals surface area contributed by atoms with Crippen molar-refractivity contribution in [3.8, 4) is 0 Å². The number of thiazole rings is 1. The number of hydrogen-bond acceptors (Lipinski definition) is 5. The Labute approximate surface area is 176 Å². The number of imidazole rings is 1. The molecule has 1 unspecified atom stereocenters. The largest absolute Gasteiger partial charge is 0.375 e. The second kappa shape index (κ2) is 10.2. The van der Waals surface area contributed by atoms with E-state index in [4.69, 9.17) is 4.74 Å². The molecule has 8 heteroatoms. The molecule has 1 atom stereocenters. The Hall–Kier alpha value is -2.71. The maximum Gasteiger partial charge on any atom is 0.194 e. The van der Waals surface area contributed by atoms with Crippen LogP contribution in [0.5, 0.6) is 0 Å². The van der Waals surface area contributed by atoms with Crippen molar-refractivity contribution in [1.82, 2.24) is 24.8 Å². The fraction of sp³-hybridized carbons (Fsp3) is 0.381. The zero-order valence-corrected chi connectivity index (χ0v) is 18.2. The van der Waals surface area contributed by atoms with Crippen molar-refractivity contribution in [1.29, 1.82) is 0 Å². The van der Waals surface area contributed by atoms with Gasteiger partial charge in [0.1, 0.15) is 16.9 Å². The lowest BCUT2D eigenvalue weighted by Crippen LogP contribution is -2.38. The molecule has 0 radical (unpaired) electrons. The van der Waals surface area contributed by atoms with Gasteiger partial charge in [-0.2, -0.15) is 0 Å². The van der Waals surface area contributed by atoms with E-state index in [0.29, 0.717) is 13.1 Å². The fourth-order valence-electron chi connectivity index (χ4n) is 2.97. The van der Waals surface area contributed by atoms with Crippen LogP contribution in [0.1, 0.15) is 35.1 Å². The Morgan fingerprint density at radius 2 is 2.14 bits per heavy atom. The summed E-state index contributed by atoms with van der Waals surface area (Å²) in [6.07, 6.45) is 3.85. The first kappa shape index (κ1) is 21.0. The Morgan fingerprint density at radius 1 is 1.34 bits per heavy atom. The summed E-state index contributed by atoms with van der Waals surface area (Å²) in [6, 6.07) is 10.4. The minimum absolute atomic E-state index is 0.0139. The van der Waals surface area contributed by atoms with Gasteiger partial charge in [0, 0.05) is 45.5 Å². The number of hydrogen-bond donors (Lipinski definition) is 1. The molecular weight excluding hydrogens is 384 g/mol. The van der Waals surface area contributed by atoms with Crippen molar-refractivity contribution in [2.24, 2.45) is 4.99 Å². The summed E-state index contributed by atoms with van der Waals surface area (Å²) in [7, 11) is 5.49. The van der Waals surface area contributed by atoms with Crippen LogP contribution >= 0.6 is 11.3 Å². The molecule has 0 aliphatic rings. The van der Waals surface area contributed by atoms with Gasteiger partial charge in [0.15, 0.2) is 5.96 Å². The lowest BCUT2D eigenvalue weighted by molar-refractivity contribution is 0.119. The maximum atomic E-state index is 5.35. The molecule has 7 nitrogen and oxygen atoms in total. The van der Waals surface area contributed by atoms with E-state index in [2.05, 4.69) is 59.4 Å². The van der Waals surface area contributed by atoms with Crippen molar-refractivity contribution < 1.29 is 4.74 Å². The molecule has 3 aromatic rings. The molecule has 2 heterocycles. The van der Waals surface area contributed by atoms with Crippen LogP contribution < -0.4 is 5.32 Å². The van der Waals surface area contributed by atoms with Crippen LogP contribution in [0.3, 0.4) is 0 Å². The predicted octanol–water partition coefficient (Wildman–Crippen LogP) is 3.30. The lowest BCUT2D eigenvalue weighted by Gasteiger charge is -2.21. The first-order valence-corrected chi connectivity index (χ1v) is 10.4. The molecule has 0 bridgehead atoms. The van der Waals surface area contributed by atoms with Crippen molar-refractivity contribution in [3.05, 3.63) is 70.2 Å². The smallest absolute Gasteiger partial charge is 0.194 e. The van der Waals surface area contributed by atoms with Crippen LogP contribution in [0.2, 0.25) is 0 Å². The molecule has 0 saturated carbocycles. The van der Waals surface area contributed by atoms with Crippen LogP contribution in [0, 0.1) is 0 Å². The average Bonchev–Trinajstić information content (AvgIpc) is 3.38. The summed E-state index contributed by atoms with van der Waals surface area (Å²) in [6.45, 7) is 4.07. The van der Waals surface area contributed by atoms with E-state index in [1.807, 2.05) is 32.4 Å². The van der Waals surface area contributed by atoms with E-state index in [-0.39, 0.29) is 6.10 Å². The number of aromatic nitrogens is 3. The first-order valence-electron chi connectivity index (χ1n) is 9.53. The Kier molecular flexibility index (Phi) is 7.37. The van der Waals surface area contributed by atoms with Crippen LogP contribution in [0.4, 0.5) is 0 Å². The van der Waals surface area contributed by atoms with E-state index in [1.165, 1.54) is 5.56 Å². The molecule has 3 rings (SSSR count). The summed E-state index contributed by atoms with van der Waals surface area (Å²) >= 11 is 1.62. The Bertz CT molecular complexity index is 920. The van der Waals surface area contributed by atoms with Gasteiger partial charge in [0.2, 0.25) is 0 Å². The van der Waals surface area contributed by atoms with Gasteiger partial charge in [-0.15, -0.1) is 11.3 Å². The van der Waals surface area contributed by atoms with Gasteiger partial charge < -0.3 is 19.5 Å². The number of methoxy groups -OCH3 is 1. The number of benzene rings is 1. The zero-order chi connectivity index (χ0) is 20.6. The monoisotopic (exact) mass is 412 g/mol. The van der Waals surface area contributed by atoms with Crippen molar-refractivity contribution in [3.63, 3.8) is 0 Å². The van der Waals surface area contributed by atoms with Gasteiger partial charge in [-0.3, -0.25) is 4.99 Å². The molecule has 0 amide bonds. The summed E-state index contributed by atoms with van der Waals surface area (Å²) in [5.41, 5.74) is 2.25. The first-order chi connectivity index (χ1) is 14.1. The number of ether oxygens (including phenoxy) is 1. The van der Waals surface area contributed by atoms with Crippen LogP contribution in [0.15, 0.2) is 53.1 Å². The van der Waals surface area contributed by atoms with Crippen LogP contribution in [-0.4, -0.2) is 46.6 Å². The normalized spacial score (nSPS) is 12.8. The molecule has 1 aromatic carbocycles. The number of guanidine groups is 1. The van der Waals surface area contributed by atoms with Gasteiger partial charge in [0.25, 0.3) is 0 Å². The quantitative estimate of drug-likeness (QED) is 0.454. The van der Waals surface area contributed by atoms with Gasteiger partial charge in [-0.05, 0) is 12.5 Å². The molecule has 0 fully saturated rings. The molecule has 1 N–H and O–H groups in total. The van der Waals surface area contributed by atoms with Crippen LogP contribution in [-0.2, 0) is 24.4 Å². The van der Waals surface area contributed by atoms with E-state index in [0.717, 1.165) is 29.0 Å². The molecular formula is C21H28N6OS. The minimum Gasteiger partial charge on any atom is -0.375 e. The molecule has 0 saturated heterocycles. The second-order valence-electron chi connectivity index (χ2n) is 6.77. The molecule has 154 valence electrons. The fourth-order valence-corrected chi connectivity index (χ4v) is 3.82. The zero-order valence-electron chi connectivity index (χ0n) is 17.4. The Morgan fingerprint density at radius 3 is 2.86 bits per heavy atom. The second-order valence-corrected chi connectivity index (χ2v) is 7.66. The third kappa shape index (κ3) is 5.65. The highest BCUT2D eigenvalue weighted by molar-refractivity contribution is 7.09. The Balaban J connectivity index is 1.58. The molecule has 0 aliphatic heterocycles. The number of rotatable bonds is 8. The SMILES string of the molecule is CN=C(NCc1nccn1Cc1ccccc1)N(C)Cc1csc(C(C)OC)n1. The third-order valence-electron chi connectivity index (χ3n) is 4.65. The van der Waals surface area contributed by atoms with E-state index < -0.39 is 0 Å². The van der Waals surface area contributed by atoms with E-state index in [1.54, 1.807) is 25.5 Å². The van der Waals surface area contributed by atoms with E-state index in [9.17, 15) is 0 Å². The molecule has 2 aromatic heterocycles. The van der Waals surface area contributed by atoms with Crippen molar-refractivity contribution in [2.75, 3.05) is 21.2 Å². The summed E-state index contributed by atoms with van der Waals surface area (Å²) in [5.74, 6) is 1.77. The highest BCUT2D eigenvalue weighted by atomic mass is 32.1. The summed E-state index contributed by atoms with van der Waals surface area (Å²) < 4.78 is 7.49. The lowest BCUT2D eigenvalue weighted by atomic mass is 10.2. The molecule has 29 heavy (non-hydrogen) atoms. The summed E-state index contributed by atoms with van der Waals surface area (Å²) in [4.78, 5) is 15.6. The maximum absolute atomic E-state index is 5.35. The third-order valence-corrected chi connectivity index (χ3v) is 5.70. The van der Waals surface area contributed by atoms with Gasteiger partial charge in [0.05, 0.1) is 18.8 Å².